The molecule has 0 radical (unpaired) electrons. The number of hydrogen-bond donors (Lipinski definition) is 7. The van der Waals surface area contributed by atoms with E-state index < -0.39 is 66.1 Å². The molecule has 0 heterocycles. The standard InChI is InChI=1S/C17H30N6O7S/c1-8(21-15(27)9(18)7-13(20)25)14(26)22-10(3-4-12(19)24)16(28)23-11(17(29)30)5-6-31-2/h8-11H,3-7,18H2,1-2H3,(H2,19,24)(H2,20,25)(H,21,27)(H,22,26)(H,23,28)(H,29,30). The predicted octanol–water partition coefficient (Wildman–Crippen LogP) is -3.23. The molecule has 0 spiro atoms. The van der Waals surface area contributed by atoms with Crippen molar-refractivity contribution in [3.05, 3.63) is 0 Å². The van der Waals surface area contributed by atoms with Gasteiger partial charge in [-0.1, -0.05) is 0 Å². The minimum absolute atomic E-state index is 0.156. The second kappa shape index (κ2) is 14.2. The molecule has 0 aromatic rings. The van der Waals surface area contributed by atoms with Crippen molar-refractivity contribution in [1.29, 1.82) is 0 Å². The molecule has 0 aromatic carbocycles. The first kappa shape index (κ1) is 28.1. The van der Waals surface area contributed by atoms with Crippen molar-refractivity contribution in [2.24, 2.45) is 17.2 Å². The Bertz CT molecular complexity index is 690. The maximum absolute atomic E-state index is 12.5. The van der Waals surface area contributed by atoms with Gasteiger partial charge in [-0.3, -0.25) is 24.0 Å². The fourth-order valence-corrected chi connectivity index (χ4v) is 2.78. The second-order valence-electron chi connectivity index (χ2n) is 6.75. The molecule has 5 amide bonds. The smallest absolute Gasteiger partial charge is 0.326 e. The minimum Gasteiger partial charge on any atom is -0.480 e. The summed E-state index contributed by atoms with van der Waals surface area (Å²) in [4.78, 5) is 70.1. The molecule has 0 aromatic heterocycles. The van der Waals surface area contributed by atoms with Crippen LogP contribution >= 0.6 is 11.8 Å². The van der Waals surface area contributed by atoms with Crippen molar-refractivity contribution in [3.63, 3.8) is 0 Å². The molecule has 14 heteroatoms. The Morgan fingerprint density at radius 1 is 0.871 bits per heavy atom. The van der Waals surface area contributed by atoms with Crippen LogP contribution in [-0.4, -0.2) is 76.8 Å². The molecule has 176 valence electrons. The van der Waals surface area contributed by atoms with Crippen LogP contribution in [0.3, 0.4) is 0 Å². The molecule has 0 saturated carbocycles. The van der Waals surface area contributed by atoms with Crippen molar-refractivity contribution in [1.82, 2.24) is 16.0 Å². The van der Waals surface area contributed by atoms with Gasteiger partial charge >= 0.3 is 5.97 Å². The molecule has 0 aliphatic heterocycles. The van der Waals surface area contributed by atoms with Gasteiger partial charge in [0.2, 0.25) is 29.5 Å². The Morgan fingerprint density at radius 3 is 1.94 bits per heavy atom. The average molecular weight is 463 g/mol. The van der Waals surface area contributed by atoms with Crippen LogP contribution < -0.4 is 33.2 Å². The van der Waals surface area contributed by atoms with Gasteiger partial charge in [0.1, 0.15) is 18.1 Å². The largest absolute Gasteiger partial charge is 0.480 e. The lowest BCUT2D eigenvalue weighted by Gasteiger charge is -2.23. The SMILES string of the molecule is CSCCC(NC(=O)C(CCC(N)=O)NC(=O)C(C)NC(=O)C(N)CC(N)=O)C(=O)O. The van der Waals surface area contributed by atoms with E-state index in [0.29, 0.717) is 5.75 Å². The van der Waals surface area contributed by atoms with E-state index in [1.165, 1.54) is 18.7 Å². The van der Waals surface area contributed by atoms with Crippen LogP contribution in [-0.2, 0) is 28.8 Å². The molecule has 13 nitrogen and oxygen atoms in total. The number of amides is 5. The number of nitrogens with one attached hydrogen (secondary N) is 3. The lowest BCUT2D eigenvalue weighted by molar-refractivity contribution is -0.142. The number of nitrogens with two attached hydrogens (primary N) is 3. The van der Waals surface area contributed by atoms with Gasteiger partial charge in [0.05, 0.1) is 12.5 Å². The number of hydrogen-bond acceptors (Lipinski definition) is 8. The summed E-state index contributed by atoms with van der Waals surface area (Å²) in [5.74, 6) is -4.69. The summed E-state index contributed by atoms with van der Waals surface area (Å²) >= 11 is 1.40. The summed E-state index contributed by atoms with van der Waals surface area (Å²) in [6.07, 6.45) is 1.09. The summed E-state index contributed by atoms with van der Waals surface area (Å²) < 4.78 is 0. The second-order valence-corrected chi connectivity index (χ2v) is 7.74. The Morgan fingerprint density at radius 2 is 1.45 bits per heavy atom. The molecule has 0 saturated heterocycles. The Kier molecular flexibility index (Phi) is 12.9. The molecule has 0 aliphatic carbocycles. The fraction of sp³-hybridized carbons (Fsp3) is 0.647. The van der Waals surface area contributed by atoms with Gasteiger partial charge in [0.15, 0.2) is 0 Å². The van der Waals surface area contributed by atoms with Crippen molar-refractivity contribution >= 4 is 47.3 Å². The van der Waals surface area contributed by atoms with E-state index in [1.54, 1.807) is 6.26 Å². The molecule has 0 bridgehead atoms. The first-order valence-corrected chi connectivity index (χ1v) is 10.7. The van der Waals surface area contributed by atoms with Crippen LogP contribution in [0.15, 0.2) is 0 Å². The van der Waals surface area contributed by atoms with Crippen LogP contribution in [0, 0.1) is 0 Å². The van der Waals surface area contributed by atoms with Gasteiger partial charge in [-0.15, -0.1) is 0 Å². The fourth-order valence-electron chi connectivity index (χ4n) is 2.31. The van der Waals surface area contributed by atoms with Crippen LogP contribution in [0.25, 0.3) is 0 Å². The van der Waals surface area contributed by atoms with Crippen LogP contribution in [0.2, 0.25) is 0 Å². The highest BCUT2D eigenvalue weighted by Gasteiger charge is 2.29. The summed E-state index contributed by atoms with van der Waals surface area (Å²) in [5, 5.41) is 16.2. The third kappa shape index (κ3) is 11.8. The van der Waals surface area contributed by atoms with Crippen LogP contribution in [0.5, 0.6) is 0 Å². The first-order valence-electron chi connectivity index (χ1n) is 9.34. The monoisotopic (exact) mass is 462 g/mol. The third-order valence-electron chi connectivity index (χ3n) is 4.05. The van der Waals surface area contributed by atoms with Gasteiger partial charge in [-0.05, 0) is 31.8 Å². The number of carbonyl (C=O) groups is 6. The number of carboxylic acid groups (broad SMARTS) is 1. The number of thioether (sulfide) groups is 1. The highest BCUT2D eigenvalue weighted by molar-refractivity contribution is 7.98. The van der Waals surface area contributed by atoms with Gasteiger partial charge in [-0.2, -0.15) is 11.8 Å². The van der Waals surface area contributed by atoms with Crippen LogP contribution in [0.4, 0.5) is 0 Å². The maximum Gasteiger partial charge on any atom is 0.326 e. The van der Waals surface area contributed by atoms with E-state index in [9.17, 15) is 33.9 Å². The summed E-state index contributed by atoms with van der Waals surface area (Å²) in [7, 11) is 0. The Balaban J connectivity index is 5.14. The minimum atomic E-state index is -1.27. The lowest BCUT2D eigenvalue weighted by atomic mass is 10.1. The Labute approximate surface area is 183 Å². The van der Waals surface area contributed by atoms with E-state index >= 15 is 0 Å². The van der Waals surface area contributed by atoms with Crippen LogP contribution in [0.1, 0.15) is 32.6 Å². The molecule has 0 fully saturated rings. The van der Waals surface area contributed by atoms with E-state index in [0.717, 1.165) is 0 Å². The summed E-state index contributed by atoms with van der Waals surface area (Å²) in [5.41, 5.74) is 15.6. The summed E-state index contributed by atoms with van der Waals surface area (Å²) in [6.45, 7) is 1.31. The molecule has 4 unspecified atom stereocenters. The van der Waals surface area contributed by atoms with Crippen molar-refractivity contribution in [2.45, 2.75) is 56.8 Å². The molecular formula is C17H30N6O7S. The topological polar surface area (TPSA) is 237 Å². The summed E-state index contributed by atoms with van der Waals surface area (Å²) in [6, 6.07) is -4.86. The number of aliphatic carboxylic acids is 1. The van der Waals surface area contributed by atoms with Gasteiger partial charge < -0.3 is 38.3 Å². The van der Waals surface area contributed by atoms with E-state index in [-0.39, 0.29) is 19.3 Å². The molecular weight excluding hydrogens is 432 g/mol. The third-order valence-corrected chi connectivity index (χ3v) is 4.69. The van der Waals surface area contributed by atoms with Crippen molar-refractivity contribution < 1.29 is 33.9 Å². The predicted molar refractivity (Wildman–Crippen MR) is 112 cm³/mol. The van der Waals surface area contributed by atoms with Crippen molar-refractivity contribution in [3.8, 4) is 0 Å². The van der Waals surface area contributed by atoms with Gasteiger partial charge in [-0.25, -0.2) is 4.79 Å². The molecule has 4 atom stereocenters. The van der Waals surface area contributed by atoms with Gasteiger partial charge in [0, 0.05) is 6.42 Å². The first-order chi connectivity index (χ1) is 14.4. The molecule has 10 N–H and O–H groups in total. The number of primary amides is 2. The highest BCUT2D eigenvalue weighted by atomic mass is 32.2. The Hall–Kier alpha value is -2.87. The van der Waals surface area contributed by atoms with Gasteiger partial charge in [0.25, 0.3) is 0 Å². The molecule has 0 rings (SSSR count). The highest BCUT2D eigenvalue weighted by Crippen LogP contribution is 2.04. The number of rotatable bonds is 15. The van der Waals surface area contributed by atoms with E-state index in [4.69, 9.17) is 17.2 Å². The average Bonchev–Trinajstić information content (AvgIpc) is 2.66. The lowest BCUT2D eigenvalue weighted by Crippen LogP contribution is -2.56. The normalized spacial score (nSPS) is 14.4. The number of carbonyl (C=O) groups excluding carboxylic acids is 5. The zero-order valence-corrected chi connectivity index (χ0v) is 18.2. The van der Waals surface area contributed by atoms with E-state index in [1.807, 2.05) is 0 Å². The van der Waals surface area contributed by atoms with E-state index in [2.05, 4.69) is 16.0 Å². The quantitative estimate of drug-likeness (QED) is 0.129. The molecule has 0 aliphatic rings. The number of carboxylic acids is 1. The molecule has 31 heavy (non-hydrogen) atoms. The zero-order valence-electron chi connectivity index (χ0n) is 17.4. The zero-order chi connectivity index (χ0) is 24.1. The van der Waals surface area contributed by atoms with Crippen molar-refractivity contribution in [2.75, 3.05) is 12.0 Å². The maximum atomic E-state index is 12.5.